The topological polar surface area (TPSA) is 56.1 Å². The second kappa shape index (κ2) is 9.55. The average Bonchev–Trinajstić information content (AvgIpc) is 3.66. The van der Waals surface area contributed by atoms with Crippen LogP contribution in [-0.2, 0) is 10.3 Å². The molecule has 214 valence electrons. The quantitative estimate of drug-likeness (QED) is 0.318. The van der Waals surface area contributed by atoms with Gasteiger partial charge in [-0.3, -0.25) is 10.1 Å². The highest BCUT2D eigenvalue weighted by Gasteiger charge is 2.63. The molecule has 1 saturated heterocycles. The van der Waals surface area contributed by atoms with E-state index in [-0.39, 0.29) is 29.4 Å². The highest BCUT2D eigenvalue weighted by molar-refractivity contribution is 5.85. The zero-order chi connectivity index (χ0) is 28.5. The summed E-state index contributed by atoms with van der Waals surface area (Å²) in [4.78, 5) is 17.3. The van der Waals surface area contributed by atoms with Gasteiger partial charge in [0, 0.05) is 6.04 Å². The first-order valence-electron chi connectivity index (χ1n) is 16.1. The molecule has 6 aliphatic rings. The first kappa shape index (κ1) is 26.2. The number of benzene rings is 3. The molecule has 0 radical (unpaired) electrons. The minimum atomic E-state index is -0.723. The second-order valence-corrected chi connectivity index (χ2v) is 14.7. The van der Waals surface area contributed by atoms with E-state index < -0.39 is 5.54 Å². The Hall–Kier alpha value is -3.42. The maximum atomic E-state index is 15.3. The van der Waals surface area contributed by atoms with Crippen LogP contribution in [0.1, 0.15) is 75.0 Å². The highest BCUT2D eigenvalue weighted by Crippen LogP contribution is 2.67. The lowest BCUT2D eigenvalue weighted by Gasteiger charge is -2.64. The lowest BCUT2D eigenvalue weighted by atomic mass is 9.43. The molecular weight excluding hydrogens is 514 g/mol. The summed E-state index contributed by atoms with van der Waals surface area (Å²) >= 11 is 0. The standard InChI is InChI=1S/C38H41N3O/c1-36-20-26-17-27(21-36)23-37(22-26,25-36)34(35(42)41-32(24-39)18-28-19-33(28)41)40-38(29-11-5-2-6-12-29,30-13-7-3-8-14-30)31-15-9-4-10-16-31/h2-16,26-28,32-34,40H,17-23,25H2,1H3. The van der Waals surface area contributed by atoms with Crippen LogP contribution in [0.15, 0.2) is 91.0 Å². The molecule has 5 aliphatic carbocycles. The van der Waals surface area contributed by atoms with E-state index in [1.165, 1.54) is 19.3 Å². The lowest BCUT2D eigenvalue weighted by Crippen LogP contribution is -2.67. The minimum absolute atomic E-state index is 0.119. The zero-order valence-corrected chi connectivity index (χ0v) is 24.6. The van der Waals surface area contributed by atoms with E-state index in [0.29, 0.717) is 23.2 Å². The van der Waals surface area contributed by atoms with Crippen LogP contribution in [0.5, 0.6) is 0 Å². The smallest absolute Gasteiger partial charge is 0.241 e. The van der Waals surface area contributed by atoms with Gasteiger partial charge in [0.2, 0.25) is 5.91 Å². The van der Waals surface area contributed by atoms with Crippen LogP contribution in [0.25, 0.3) is 0 Å². The van der Waals surface area contributed by atoms with E-state index in [9.17, 15) is 5.26 Å². The van der Waals surface area contributed by atoms with Crippen molar-refractivity contribution < 1.29 is 4.79 Å². The van der Waals surface area contributed by atoms with Crippen molar-refractivity contribution >= 4 is 5.91 Å². The molecule has 1 aliphatic heterocycles. The first-order chi connectivity index (χ1) is 20.4. The molecule has 6 atom stereocenters. The number of fused-ring (bicyclic) bond motifs is 1. The summed E-state index contributed by atoms with van der Waals surface area (Å²) in [6.07, 6.45) is 9.08. The summed E-state index contributed by atoms with van der Waals surface area (Å²) in [6, 6.07) is 34.2. The molecule has 4 heteroatoms. The van der Waals surface area contributed by atoms with Crippen LogP contribution < -0.4 is 5.32 Å². The predicted octanol–water partition coefficient (Wildman–Crippen LogP) is 7.06. The molecule has 9 rings (SSSR count). The number of rotatable bonds is 7. The predicted molar refractivity (Wildman–Crippen MR) is 164 cm³/mol. The molecule has 42 heavy (non-hydrogen) atoms. The summed E-state index contributed by atoms with van der Waals surface area (Å²) in [5.41, 5.74) is 2.86. The molecule has 5 saturated carbocycles. The van der Waals surface area contributed by atoms with Crippen LogP contribution in [0.3, 0.4) is 0 Å². The van der Waals surface area contributed by atoms with E-state index in [1.54, 1.807) is 0 Å². The number of hydrogen-bond donors (Lipinski definition) is 1. The van der Waals surface area contributed by atoms with Crippen molar-refractivity contribution in [2.45, 2.75) is 82.0 Å². The van der Waals surface area contributed by atoms with Gasteiger partial charge in [-0.2, -0.15) is 5.26 Å². The van der Waals surface area contributed by atoms with Crippen LogP contribution in [0, 0.1) is 39.9 Å². The Kier molecular flexibility index (Phi) is 5.96. The van der Waals surface area contributed by atoms with Crippen molar-refractivity contribution in [1.82, 2.24) is 10.2 Å². The number of amides is 1. The van der Waals surface area contributed by atoms with Crippen LogP contribution in [-0.4, -0.2) is 28.9 Å². The average molecular weight is 556 g/mol. The Morgan fingerprint density at radius 3 is 1.83 bits per heavy atom. The Balaban J connectivity index is 1.33. The summed E-state index contributed by atoms with van der Waals surface area (Å²) in [7, 11) is 0. The van der Waals surface area contributed by atoms with Crippen molar-refractivity contribution in [2.24, 2.45) is 28.6 Å². The van der Waals surface area contributed by atoms with Gasteiger partial charge in [0.15, 0.2) is 0 Å². The number of nitrogens with zero attached hydrogens (tertiary/aromatic N) is 2. The van der Waals surface area contributed by atoms with Gasteiger partial charge in [0.25, 0.3) is 0 Å². The summed E-state index contributed by atoms with van der Waals surface area (Å²) < 4.78 is 0. The third kappa shape index (κ3) is 4.00. The van der Waals surface area contributed by atoms with Crippen LogP contribution >= 0.6 is 0 Å². The number of carbonyl (C=O) groups excluding carboxylic acids is 1. The largest absolute Gasteiger partial charge is 0.322 e. The Morgan fingerprint density at radius 2 is 1.36 bits per heavy atom. The van der Waals surface area contributed by atoms with E-state index in [0.717, 1.165) is 48.8 Å². The van der Waals surface area contributed by atoms with Gasteiger partial charge >= 0.3 is 0 Å². The zero-order valence-electron chi connectivity index (χ0n) is 24.6. The Bertz CT molecular complexity index is 1400. The van der Waals surface area contributed by atoms with Gasteiger partial charge in [0.05, 0.1) is 17.6 Å². The number of piperidine rings is 1. The normalized spacial score (nSPS) is 35.0. The summed E-state index contributed by atoms with van der Waals surface area (Å²) in [6.45, 7) is 2.49. The number of carbonyl (C=O) groups is 1. The Labute approximate surface area is 250 Å². The molecule has 3 aromatic rings. The fraction of sp³-hybridized carbons (Fsp3) is 0.474. The number of hydrogen-bond acceptors (Lipinski definition) is 3. The van der Waals surface area contributed by atoms with E-state index in [1.807, 2.05) is 4.90 Å². The lowest BCUT2D eigenvalue weighted by molar-refractivity contribution is -0.155. The van der Waals surface area contributed by atoms with Gasteiger partial charge in [0.1, 0.15) is 6.04 Å². The first-order valence-corrected chi connectivity index (χ1v) is 16.1. The van der Waals surface area contributed by atoms with Gasteiger partial charge in [-0.25, -0.2) is 0 Å². The molecule has 1 heterocycles. The minimum Gasteiger partial charge on any atom is -0.322 e. The molecule has 0 spiro atoms. The fourth-order valence-electron chi connectivity index (χ4n) is 10.7. The third-order valence-corrected chi connectivity index (χ3v) is 11.7. The van der Waals surface area contributed by atoms with E-state index in [2.05, 4.69) is 109 Å². The maximum Gasteiger partial charge on any atom is 0.241 e. The third-order valence-electron chi connectivity index (χ3n) is 11.7. The van der Waals surface area contributed by atoms with Crippen molar-refractivity contribution in [2.75, 3.05) is 0 Å². The Morgan fingerprint density at radius 1 is 0.833 bits per heavy atom. The summed E-state index contributed by atoms with van der Waals surface area (Å²) in [5, 5.41) is 14.4. The van der Waals surface area contributed by atoms with E-state index >= 15 is 4.79 Å². The van der Waals surface area contributed by atoms with Crippen molar-refractivity contribution in [3.63, 3.8) is 0 Å². The monoisotopic (exact) mass is 555 g/mol. The molecular formula is C38H41N3O. The maximum absolute atomic E-state index is 15.3. The molecule has 0 aromatic heterocycles. The molecule has 4 nitrogen and oxygen atoms in total. The van der Waals surface area contributed by atoms with E-state index in [4.69, 9.17) is 0 Å². The summed E-state index contributed by atoms with van der Waals surface area (Å²) in [5.74, 6) is 2.04. The number of likely N-dealkylation sites (tertiary alicyclic amines) is 1. The second-order valence-electron chi connectivity index (χ2n) is 14.7. The fourth-order valence-corrected chi connectivity index (χ4v) is 10.7. The SMILES string of the molecule is CC12CC3CC(C1)CC(C(NC(c1ccccc1)(c1ccccc1)c1ccccc1)C(=O)N1C(C#N)CC4CC41)(C3)C2. The molecule has 3 aromatic carbocycles. The van der Waals surface area contributed by atoms with Crippen LogP contribution in [0.2, 0.25) is 0 Å². The number of nitriles is 1. The van der Waals surface area contributed by atoms with Gasteiger partial charge in [-0.15, -0.1) is 0 Å². The van der Waals surface area contributed by atoms with Gasteiger partial charge in [-0.1, -0.05) is 97.9 Å². The van der Waals surface area contributed by atoms with Gasteiger partial charge in [-0.05, 0) is 96.6 Å². The van der Waals surface area contributed by atoms with Crippen molar-refractivity contribution in [3.8, 4) is 6.07 Å². The molecule has 1 amide bonds. The van der Waals surface area contributed by atoms with Crippen LogP contribution in [0.4, 0.5) is 0 Å². The molecule has 6 fully saturated rings. The molecule has 6 unspecified atom stereocenters. The molecule has 4 bridgehead atoms. The highest BCUT2D eigenvalue weighted by atomic mass is 16.2. The van der Waals surface area contributed by atoms with Crippen molar-refractivity contribution in [1.29, 1.82) is 5.26 Å². The molecule has 1 N–H and O–H groups in total. The van der Waals surface area contributed by atoms with Crippen molar-refractivity contribution in [3.05, 3.63) is 108 Å². The van der Waals surface area contributed by atoms with Gasteiger partial charge < -0.3 is 4.90 Å². The number of nitrogens with one attached hydrogen (secondary N) is 1.